The van der Waals surface area contributed by atoms with E-state index in [9.17, 15) is 13.2 Å². The van der Waals surface area contributed by atoms with Crippen molar-refractivity contribution >= 4 is 38.9 Å². The molecule has 0 aliphatic heterocycles. The Balaban J connectivity index is 2.38. The Kier molecular flexibility index (Phi) is 4.04. The van der Waals surface area contributed by atoms with Crippen LogP contribution in [0.15, 0.2) is 40.2 Å². The van der Waals surface area contributed by atoms with Crippen LogP contribution in [0.4, 0.5) is 13.2 Å². The van der Waals surface area contributed by atoms with Crippen LogP contribution in [-0.4, -0.2) is 0 Å². The Hall–Kier alpha value is -0.520. The average Bonchev–Trinajstić information content (AvgIpc) is 2.73. The van der Waals surface area contributed by atoms with Gasteiger partial charge in [0.2, 0.25) is 0 Å². The molecular weight excluding hydrogens is 349 g/mol. The Labute approximate surface area is 120 Å². The van der Waals surface area contributed by atoms with E-state index in [0.717, 1.165) is 21.5 Å². The predicted octanol–water partition coefficient (Wildman–Crippen LogP) is 5.86. The maximum atomic E-state index is 12.6. The highest BCUT2D eigenvalue weighted by molar-refractivity contribution is 9.10. The number of thiophene rings is 1. The lowest BCUT2D eigenvalue weighted by Gasteiger charge is -2.12. The third-order valence-corrected chi connectivity index (χ3v) is 4.92. The second-order valence-corrected chi connectivity index (χ2v) is 5.86. The molecule has 0 aliphatic rings. The first-order valence-corrected chi connectivity index (χ1v) is 7.04. The molecule has 18 heavy (non-hydrogen) atoms. The Morgan fingerprint density at radius 2 is 1.94 bits per heavy atom. The number of hydrogen-bond donors (Lipinski definition) is 0. The number of alkyl halides is 4. The first kappa shape index (κ1) is 13.9. The van der Waals surface area contributed by atoms with Crippen LogP contribution in [0.1, 0.15) is 21.4 Å². The van der Waals surface area contributed by atoms with Crippen molar-refractivity contribution in [2.75, 3.05) is 0 Å². The van der Waals surface area contributed by atoms with Crippen LogP contribution < -0.4 is 0 Å². The zero-order valence-corrected chi connectivity index (χ0v) is 12.0. The van der Waals surface area contributed by atoms with Crippen molar-refractivity contribution in [2.45, 2.75) is 11.6 Å². The molecule has 1 aromatic carbocycles. The smallest absolute Gasteiger partial charge is 0.166 e. The van der Waals surface area contributed by atoms with Gasteiger partial charge in [0.25, 0.3) is 0 Å². The van der Waals surface area contributed by atoms with E-state index in [1.54, 1.807) is 6.07 Å². The number of rotatable bonds is 2. The van der Waals surface area contributed by atoms with Crippen molar-refractivity contribution in [3.63, 3.8) is 0 Å². The monoisotopic (exact) mass is 354 g/mol. The predicted molar refractivity (Wildman–Crippen MR) is 71.2 cm³/mol. The van der Waals surface area contributed by atoms with Crippen molar-refractivity contribution in [1.29, 1.82) is 0 Å². The molecule has 0 fully saturated rings. The third-order valence-electron chi connectivity index (χ3n) is 2.38. The summed E-state index contributed by atoms with van der Waals surface area (Å²) in [5.41, 5.74) is -0.243. The molecule has 0 aliphatic carbocycles. The Morgan fingerprint density at radius 3 is 2.50 bits per heavy atom. The third kappa shape index (κ3) is 2.90. The van der Waals surface area contributed by atoms with E-state index in [1.165, 1.54) is 17.4 Å². The fourth-order valence-corrected chi connectivity index (χ4v) is 3.65. The molecule has 0 amide bonds. The molecule has 0 saturated heterocycles. The van der Waals surface area contributed by atoms with Crippen molar-refractivity contribution in [2.24, 2.45) is 0 Å². The van der Waals surface area contributed by atoms with Crippen LogP contribution in [0.25, 0.3) is 0 Å². The van der Waals surface area contributed by atoms with Crippen LogP contribution in [0.2, 0.25) is 0 Å². The SMILES string of the molecule is FC(F)(F)c1cccc(C(Cl)c2sccc2Br)c1. The highest BCUT2D eigenvalue weighted by atomic mass is 79.9. The molecule has 6 heteroatoms. The van der Waals surface area contributed by atoms with Crippen molar-refractivity contribution in [3.05, 3.63) is 56.2 Å². The summed E-state index contributed by atoms with van der Waals surface area (Å²) in [6, 6.07) is 6.91. The fourth-order valence-electron chi connectivity index (χ4n) is 1.51. The second kappa shape index (κ2) is 5.23. The normalized spacial score (nSPS) is 13.6. The van der Waals surface area contributed by atoms with E-state index < -0.39 is 17.1 Å². The van der Waals surface area contributed by atoms with Crippen molar-refractivity contribution in [1.82, 2.24) is 0 Å². The molecule has 96 valence electrons. The summed E-state index contributed by atoms with van der Waals surface area (Å²) in [6.45, 7) is 0. The lowest BCUT2D eigenvalue weighted by molar-refractivity contribution is -0.137. The van der Waals surface area contributed by atoms with Gasteiger partial charge < -0.3 is 0 Å². The lowest BCUT2D eigenvalue weighted by atomic mass is 10.1. The Morgan fingerprint density at radius 1 is 1.22 bits per heavy atom. The van der Waals surface area contributed by atoms with Crippen LogP contribution in [0.5, 0.6) is 0 Å². The van der Waals surface area contributed by atoms with Gasteiger partial charge in [-0.25, -0.2) is 0 Å². The fraction of sp³-hybridized carbons (Fsp3) is 0.167. The minimum absolute atomic E-state index is 0.439. The molecule has 0 bridgehead atoms. The summed E-state index contributed by atoms with van der Waals surface area (Å²) in [4.78, 5) is 0.802. The minimum Gasteiger partial charge on any atom is -0.166 e. The summed E-state index contributed by atoms with van der Waals surface area (Å²) in [5, 5.41) is 1.25. The molecule has 1 atom stereocenters. The van der Waals surface area contributed by atoms with Gasteiger partial charge in [-0.3, -0.25) is 0 Å². The summed E-state index contributed by atoms with van der Waals surface area (Å²) in [6.07, 6.45) is -4.35. The van der Waals surface area contributed by atoms with Crippen LogP contribution in [-0.2, 0) is 6.18 Å². The largest absolute Gasteiger partial charge is 0.416 e. The van der Waals surface area contributed by atoms with E-state index in [0.29, 0.717) is 5.56 Å². The molecule has 1 aromatic heterocycles. The minimum atomic E-state index is -4.35. The van der Waals surface area contributed by atoms with E-state index in [-0.39, 0.29) is 0 Å². The maximum absolute atomic E-state index is 12.6. The number of benzene rings is 1. The summed E-state index contributed by atoms with van der Waals surface area (Å²) in [5.74, 6) is 0. The summed E-state index contributed by atoms with van der Waals surface area (Å²) < 4.78 is 38.6. The lowest BCUT2D eigenvalue weighted by Crippen LogP contribution is -2.05. The quantitative estimate of drug-likeness (QED) is 0.592. The van der Waals surface area contributed by atoms with Gasteiger partial charge in [0.05, 0.1) is 10.9 Å². The molecule has 2 aromatic rings. The number of halogens is 5. The molecule has 0 spiro atoms. The van der Waals surface area contributed by atoms with Gasteiger partial charge >= 0.3 is 6.18 Å². The molecule has 1 heterocycles. The first-order chi connectivity index (χ1) is 8.39. The second-order valence-electron chi connectivity index (χ2n) is 3.62. The van der Waals surface area contributed by atoms with E-state index in [4.69, 9.17) is 11.6 Å². The van der Waals surface area contributed by atoms with Gasteiger partial charge in [-0.2, -0.15) is 13.2 Å². The topological polar surface area (TPSA) is 0 Å². The molecule has 1 unspecified atom stereocenters. The summed E-state index contributed by atoms with van der Waals surface area (Å²) >= 11 is 10.9. The van der Waals surface area contributed by atoms with E-state index >= 15 is 0 Å². The molecule has 0 radical (unpaired) electrons. The molecule has 0 nitrogen and oxygen atoms in total. The van der Waals surface area contributed by atoms with Gasteiger partial charge in [-0.15, -0.1) is 22.9 Å². The molecule has 0 saturated carbocycles. The zero-order chi connectivity index (χ0) is 13.3. The zero-order valence-electron chi connectivity index (χ0n) is 8.84. The standard InChI is InChI=1S/C12H7BrClF3S/c13-9-4-5-18-11(9)10(14)7-2-1-3-8(6-7)12(15,16)17/h1-6,10H. The van der Waals surface area contributed by atoms with Gasteiger partial charge in [-0.05, 0) is 45.1 Å². The molecule has 0 N–H and O–H groups in total. The van der Waals surface area contributed by atoms with Crippen molar-refractivity contribution < 1.29 is 13.2 Å². The molecular formula is C12H7BrClF3S. The Bertz CT molecular complexity index is 550. The van der Waals surface area contributed by atoms with Crippen LogP contribution in [0, 0.1) is 0 Å². The van der Waals surface area contributed by atoms with Crippen molar-refractivity contribution in [3.8, 4) is 0 Å². The first-order valence-electron chi connectivity index (χ1n) is 4.93. The maximum Gasteiger partial charge on any atom is 0.416 e. The van der Waals surface area contributed by atoms with Crippen LogP contribution in [0.3, 0.4) is 0 Å². The average molecular weight is 356 g/mol. The van der Waals surface area contributed by atoms with Gasteiger partial charge in [0.15, 0.2) is 0 Å². The van der Waals surface area contributed by atoms with Gasteiger partial charge in [-0.1, -0.05) is 12.1 Å². The van der Waals surface area contributed by atoms with Gasteiger partial charge in [0.1, 0.15) is 0 Å². The highest BCUT2D eigenvalue weighted by Crippen LogP contribution is 2.39. The number of hydrogen-bond acceptors (Lipinski definition) is 1. The van der Waals surface area contributed by atoms with E-state index in [1.807, 2.05) is 11.4 Å². The summed E-state index contributed by atoms with van der Waals surface area (Å²) in [7, 11) is 0. The molecule has 2 rings (SSSR count). The highest BCUT2D eigenvalue weighted by Gasteiger charge is 2.31. The van der Waals surface area contributed by atoms with Crippen LogP contribution >= 0.6 is 38.9 Å². The van der Waals surface area contributed by atoms with E-state index in [2.05, 4.69) is 15.9 Å². The van der Waals surface area contributed by atoms with Gasteiger partial charge in [0, 0.05) is 9.35 Å².